The fourth-order valence-electron chi connectivity index (χ4n) is 5.55. The molecule has 6 heterocycles. The van der Waals surface area contributed by atoms with E-state index < -0.39 is 17.6 Å². The number of thiophene rings is 1. The summed E-state index contributed by atoms with van der Waals surface area (Å²) in [6, 6.07) is 9.44. The van der Waals surface area contributed by atoms with Crippen LogP contribution in [-0.2, 0) is 23.6 Å². The molecule has 0 bridgehead atoms. The van der Waals surface area contributed by atoms with Crippen LogP contribution in [0.5, 0.6) is 11.5 Å². The van der Waals surface area contributed by atoms with Crippen LogP contribution in [0.3, 0.4) is 0 Å². The Hall–Kier alpha value is -3.45. The lowest BCUT2D eigenvalue weighted by atomic mass is 10.2. The van der Waals surface area contributed by atoms with Gasteiger partial charge < -0.3 is 28.8 Å². The number of aromatic nitrogens is 3. The summed E-state index contributed by atoms with van der Waals surface area (Å²) in [5, 5.41) is 9.93. The maximum atomic E-state index is 15.1. The van der Waals surface area contributed by atoms with Crippen LogP contribution in [0.1, 0.15) is 34.5 Å². The van der Waals surface area contributed by atoms with Crippen LogP contribution in [0.25, 0.3) is 10.3 Å². The van der Waals surface area contributed by atoms with E-state index in [1.54, 1.807) is 18.3 Å². The molecule has 7 rings (SSSR count). The zero-order valence-electron chi connectivity index (χ0n) is 22.2. The lowest BCUT2D eigenvalue weighted by molar-refractivity contribution is -0.0716. The second kappa shape index (κ2) is 10.1. The van der Waals surface area contributed by atoms with E-state index in [2.05, 4.69) is 19.8 Å². The Morgan fingerprint density at radius 2 is 2.02 bits per heavy atom. The number of aromatic carboxylic acids is 1. The molecule has 0 amide bonds. The summed E-state index contributed by atoms with van der Waals surface area (Å²) >= 11 is 6.90. The van der Waals surface area contributed by atoms with Crippen molar-refractivity contribution in [1.29, 1.82) is 0 Å². The zero-order chi connectivity index (χ0) is 28.3. The fourth-order valence-corrected chi connectivity index (χ4v) is 6.58. The normalized spacial score (nSPS) is 22.3. The largest absolute Gasteiger partial charge is 0.477 e. The van der Waals surface area contributed by atoms with Gasteiger partial charge in [0, 0.05) is 45.9 Å². The molecule has 3 aliphatic rings. The van der Waals surface area contributed by atoms with Gasteiger partial charge in [0.15, 0.2) is 22.2 Å². The Morgan fingerprint density at radius 3 is 2.71 bits per heavy atom. The second-order valence-corrected chi connectivity index (χ2v) is 11.9. The number of carbonyl (C=O) groups is 1. The number of hydrogen-bond donors (Lipinski definition) is 1. The lowest BCUT2D eigenvalue weighted by Gasteiger charge is -2.36. The highest BCUT2D eigenvalue weighted by Gasteiger charge is 2.42. The first-order valence-electron chi connectivity index (χ1n) is 13.4. The number of benzene rings is 1. The number of fused-ring (bicyclic) bond motifs is 2. The Morgan fingerprint density at radius 1 is 1.22 bits per heavy atom. The van der Waals surface area contributed by atoms with Gasteiger partial charge in [-0.25, -0.2) is 14.2 Å². The van der Waals surface area contributed by atoms with Crippen molar-refractivity contribution in [3.63, 3.8) is 0 Å². The molecule has 3 aromatic heterocycles. The fraction of sp³-hybridized carbons (Fsp3) is 0.393. The number of hydrogen-bond acceptors (Lipinski definition) is 9. The molecule has 41 heavy (non-hydrogen) atoms. The van der Waals surface area contributed by atoms with Gasteiger partial charge in [0.25, 0.3) is 5.79 Å². The van der Waals surface area contributed by atoms with Crippen LogP contribution in [-0.4, -0.2) is 69.4 Å². The second-order valence-electron chi connectivity index (χ2n) is 10.5. The Balaban J connectivity index is 1.07. The highest BCUT2D eigenvalue weighted by atomic mass is 35.5. The number of piperazine rings is 1. The van der Waals surface area contributed by atoms with E-state index in [9.17, 15) is 9.90 Å². The summed E-state index contributed by atoms with van der Waals surface area (Å²) in [7, 11) is 0. The number of anilines is 1. The molecule has 2 saturated heterocycles. The molecular weight excluding hydrogens is 573 g/mol. The van der Waals surface area contributed by atoms with Crippen molar-refractivity contribution in [2.45, 2.75) is 38.3 Å². The first kappa shape index (κ1) is 26.4. The molecule has 0 aliphatic carbocycles. The summed E-state index contributed by atoms with van der Waals surface area (Å²) in [4.78, 5) is 25.2. The van der Waals surface area contributed by atoms with Crippen molar-refractivity contribution in [3.05, 3.63) is 63.8 Å². The van der Waals surface area contributed by atoms with Crippen molar-refractivity contribution in [3.8, 4) is 11.5 Å². The molecule has 3 aliphatic heterocycles. The molecule has 2 fully saturated rings. The van der Waals surface area contributed by atoms with Gasteiger partial charge in [-0.1, -0.05) is 17.7 Å². The maximum absolute atomic E-state index is 15.1. The number of nitrogens with zero attached hydrogens (tertiary/aromatic N) is 5. The number of pyridine rings is 1. The molecule has 13 heteroatoms. The molecule has 10 nitrogen and oxygen atoms in total. The molecule has 0 radical (unpaired) electrons. The maximum Gasteiger partial charge on any atom is 0.349 e. The molecule has 2 unspecified atom stereocenters. The van der Waals surface area contributed by atoms with Crippen molar-refractivity contribution in [2.75, 3.05) is 37.7 Å². The minimum atomic E-state index is -1.28. The lowest BCUT2D eigenvalue weighted by Crippen LogP contribution is -2.46. The Labute approximate surface area is 243 Å². The molecule has 1 N–H and O–H groups in total. The summed E-state index contributed by atoms with van der Waals surface area (Å²) in [5.41, 5.74) is 1.84. The third-order valence-electron chi connectivity index (χ3n) is 7.82. The molecule has 1 aromatic carbocycles. The number of ether oxygens (including phenoxy) is 3. The van der Waals surface area contributed by atoms with Gasteiger partial charge in [-0.2, -0.15) is 0 Å². The highest BCUT2D eigenvalue weighted by Crippen LogP contribution is 2.49. The van der Waals surface area contributed by atoms with Gasteiger partial charge in [0.2, 0.25) is 0 Å². The van der Waals surface area contributed by atoms with Gasteiger partial charge in [0.05, 0.1) is 29.9 Å². The highest BCUT2D eigenvalue weighted by molar-refractivity contribution is 7.20. The van der Waals surface area contributed by atoms with Crippen LogP contribution < -0.4 is 14.4 Å². The number of carboxylic acid groups (broad SMARTS) is 1. The first-order chi connectivity index (χ1) is 19.8. The topological polar surface area (TPSA) is 102 Å². The van der Waals surface area contributed by atoms with Gasteiger partial charge in [-0.05, 0) is 30.7 Å². The van der Waals surface area contributed by atoms with Crippen LogP contribution in [0.2, 0.25) is 5.02 Å². The van der Waals surface area contributed by atoms with Gasteiger partial charge in [-0.15, -0.1) is 11.3 Å². The number of imidazole rings is 1. The molecule has 4 aromatic rings. The van der Waals surface area contributed by atoms with E-state index in [-0.39, 0.29) is 16.5 Å². The van der Waals surface area contributed by atoms with Crippen LogP contribution >= 0.6 is 22.9 Å². The third kappa shape index (κ3) is 4.68. The molecule has 0 spiro atoms. The smallest absolute Gasteiger partial charge is 0.349 e. The van der Waals surface area contributed by atoms with E-state index in [0.29, 0.717) is 46.7 Å². The molecule has 0 saturated carbocycles. The van der Waals surface area contributed by atoms with Crippen molar-refractivity contribution < 1.29 is 28.5 Å². The average molecular weight is 600 g/mol. The van der Waals surface area contributed by atoms with Gasteiger partial charge in [0.1, 0.15) is 21.9 Å². The average Bonchev–Trinajstić information content (AvgIpc) is 3.57. The number of halogens is 2. The Kier molecular flexibility index (Phi) is 6.53. The van der Waals surface area contributed by atoms with Gasteiger partial charge in [-0.3, -0.25) is 9.88 Å². The summed E-state index contributed by atoms with van der Waals surface area (Å²) in [6.07, 6.45) is 2.44. The van der Waals surface area contributed by atoms with Crippen molar-refractivity contribution in [1.82, 2.24) is 19.4 Å². The monoisotopic (exact) mass is 599 g/mol. The number of para-hydroxylation sites is 1. The van der Waals surface area contributed by atoms with E-state index in [1.807, 2.05) is 29.7 Å². The van der Waals surface area contributed by atoms with E-state index in [1.165, 1.54) is 0 Å². The molecule has 214 valence electrons. The predicted molar refractivity (Wildman–Crippen MR) is 151 cm³/mol. The Bertz CT molecular complexity index is 1630. The van der Waals surface area contributed by atoms with Crippen molar-refractivity contribution in [2.24, 2.45) is 0 Å². The van der Waals surface area contributed by atoms with Crippen molar-refractivity contribution >= 4 is 44.9 Å². The zero-order valence-corrected chi connectivity index (χ0v) is 23.8. The summed E-state index contributed by atoms with van der Waals surface area (Å²) in [5.74, 6) is -1.00. The SMILES string of the molecule is CC1(c2ccc(Cl)cn2)Oc2cccc(N3CCN(Cc4nc5sc(C(=O)O)c(F)c5n4CC4CCO4)CC3)c2O1. The summed E-state index contributed by atoms with van der Waals surface area (Å²) < 4.78 is 35.1. The standard InChI is InChI=1S/C28H27ClFN5O5S/c1-28(20-6-5-16(29)13-31-20)39-19-4-2-3-18(24(19)40-28)34-10-8-33(9-11-34)15-21-32-26-23(22(30)25(41-26)27(36)37)35(21)14-17-7-12-38-17/h2-6,13,17H,7-12,14-15H2,1H3,(H,36,37). The minimum absolute atomic E-state index is 0.0215. The third-order valence-corrected chi connectivity index (χ3v) is 9.08. The van der Waals surface area contributed by atoms with Crippen LogP contribution in [0.4, 0.5) is 10.1 Å². The number of rotatable bonds is 7. The molecular formula is C28H27ClFN5O5S. The van der Waals surface area contributed by atoms with E-state index in [4.69, 9.17) is 25.8 Å². The molecule has 2 atom stereocenters. The van der Waals surface area contributed by atoms with E-state index in [0.717, 1.165) is 55.4 Å². The van der Waals surface area contributed by atoms with Gasteiger partial charge >= 0.3 is 5.97 Å². The predicted octanol–water partition coefficient (Wildman–Crippen LogP) is 4.74. The minimum Gasteiger partial charge on any atom is -0.477 e. The number of carboxylic acids is 1. The van der Waals surface area contributed by atoms with Crippen LogP contribution in [0.15, 0.2) is 36.5 Å². The first-order valence-corrected chi connectivity index (χ1v) is 14.6. The van der Waals surface area contributed by atoms with E-state index >= 15 is 4.39 Å². The summed E-state index contributed by atoms with van der Waals surface area (Å²) in [6.45, 7) is 6.49. The quantitative estimate of drug-likeness (QED) is 0.323. The van der Waals surface area contributed by atoms with Crippen LogP contribution in [0, 0.1) is 5.82 Å².